The molecule has 0 saturated carbocycles. The van der Waals surface area contributed by atoms with E-state index in [1.54, 1.807) is 0 Å². The number of amides is 1. The van der Waals surface area contributed by atoms with Gasteiger partial charge in [0.15, 0.2) is 0 Å². The number of hydrogen-bond donors (Lipinski definition) is 3. The summed E-state index contributed by atoms with van der Waals surface area (Å²) in [5.41, 5.74) is 1.84. The first kappa shape index (κ1) is 21.2. The molecular weight excluding hydrogens is 358 g/mol. The number of rotatable bonds is 11. The number of benzene rings is 2. The van der Waals surface area contributed by atoms with Crippen molar-refractivity contribution >= 4 is 17.8 Å². The van der Waals surface area contributed by atoms with E-state index in [2.05, 4.69) is 5.32 Å². The van der Waals surface area contributed by atoms with Gasteiger partial charge in [-0.05, 0) is 30.4 Å². The van der Waals surface area contributed by atoms with Crippen molar-refractivity contribution in [1.29, 1.82) is 0 Å². The smallest absolute Gasteiger partial charge is 0.306 e. The predicted octanol–water partition coefficient (Wildman–Crippen LogP) is 2.77. The van der Waals surface area contributed by atoms with Gasteiger partial charge in [-0.3, -0.25) is 14.4 Å². The first-order valence-corrected chi connectivity index (χ1v) is 9.26. The summed E-state index contributed by atoms with van der Waals surface area (Å²) in [7, 11) is 0. The number of carboxylic acids is 2. The Bertz CT molecular complexity index is 776. The van der Waals surface area contributed by atoms with Crippen molar-refractivity contribution in [3.8, 4) is 0 Å². The molecule has 28 heavy (non-hydrogen) atoms. The van der Waals surface area contributed by atoms with Gasteiger partial charge in [0.25, 0.3) is 0 Å². The summed E-state index contributed by atoms with van der Waals surface area (Å²) >= 11 is 0. The van der Waals surface area contributed by atoms with E-state index in [1.165, 1.54) is 0 Å². The summed E-state index contributed by atoms with van der Waals surface area (Å²) in [5.74, 6) is -3.51. The van der Waals surface area contributed by atoms with E-state index >= 15 is 0 Å². The molecule has 6 heteroatoms. The average Bonchev–Trinajstić information content (AvgIpc) is 2.68. The van der Waals surface area contributed by atoms with Crippen LogP contribution in [0.3, 0.4) is 0 Å². The van der Waals surface area contributed by atoms with Crippen LogP contribution in [0.4, 0.5) is 0 Å². The summed E-state index contributed by atoms with van der Waals surface area (Å²) in [5, 5.41) is 21.1. The van der Waals surface area contributed by atoms with E-state index in [9.17, 15) is 19.5 Å². The van der Waals surface area contributed by atoms with Crippen LogP contribution in [0.2, 0.25) is 0 Å². The molecule has 0 bridgehead atoms. The molecule has 0 heterocycles. The monoisotopic (exact) mass is 383 g/mol. The highest BCUT2D eigenvalue weighted by Crippen LogP contribution is 2.22. The van der Waals surface area contributed by atoms with Crippen molar-refractivity contribution in [1.82, 2.24) is 5.32 Å². The van der Waals surface area contributed by atoms with Gasteiger partial charge in [-0.1, -0.05) is 60.7 Å². The molecule has 0 fully saturated rings. The maximum atomic E-state index is 12.6. The number of carbonyl (C=O) groups is 3. The van der Waals surface area contributed by atoms with E-state index in [4.69, 9.17) is 5.11 Å². The maximum Gasteiger partial charge on any atom is 0.306 e. The minimum Gasteiger partial charge on any atom is -0.481 e. The zero-order valence-electron chi connectivity index (χ0n) is 15.6. The van der Waals surface area contributed by atoms with Crippen molar-refractivity contribution in [2.24, 2.45) is 11.8 Å². The molecule has 0 spiro atoms. The number of nitrogens with one attached hydrogen (secondary N) is 1. The molecule has 0 unspecified atom stereocenters. The highest BCUT2D eigenvalue weighted by atomic mass is 16.4. The minimum atomic E-state index is -0.993. The highest BCUT2D eigenvalue weighted by molar-refractivity contribution is 5.80. The quantitative estimate of drug-likeness (QED) is 0.554. The molecule has 0 aliphatic carbocycles. The predicted molar refractivity (Wildman–Crippen MR) is 105 cm³/mol. The van der Waals surface area contributed by atoms with Gasteiger partial charge in [-0.15, -0.1) is 0 Å². The molecule has 6 nitrogen and oxygen atoms in total. The fourth-order valence-corrected chi connectivity index (χ4v) is 3.13. The van der Waals surface area contributed by atoms with Gasteiger partial charge >= 0.3 is 11.9 Å². The maximum absolute atomic E-state index is 12.6. The topological polar surface area (TPSA) is 104 Å². The lowest BCUT2D eigenvalue weighted by Crippen LogP contribution is -2.36. The number of hydrogen-bond acceptors (Lipinski definition) is 3. The molecule has 0 radical (unpaired) electrons. The lowest BCUT2D eigenvalue weighted by atomic mass is 9.85. The van der Waals surface area contributed by atoms with Crippen LogP contribution in [0.1, 0.15) is 24.0 Å². The van der Waals surface area contributed by atoms with Crippen LogP contribution in [0.5, 0.6) is 0 Å². The van der Waals surface area contributed by atoms with E-state index in [0.717, 1.165) is 11.1 Å². The molecule has 148 valence electrons. The fourth-order valence-electron chi connectivity index (χ4n) is 3.13. The van der Waals surface area contributed by atoms with Gasteiger partial charge in [0.1, 0.15) is 0 Å². The first-order chi connectivity index (χ1) is 13.5. The molecule has 1 amide bonds. The van der Waals surface area contributed by atoms with Crippen molar-refractivity contribution in [2.45, 2.75) is 25.7 Å². The summed E-state index contributed by atoms with van der Waals surface area (Å²) in [6.45, 7) is 0.0237. The van der Waals surface area contributed by atoms with Crippen LogP contribution >= 0.6 is 0 Å². The SMILES string of the molecule is O=C(O)CCNC(=O)[C@H](Cc1ccccc1)C[C@H](Cc1ccccc1)C(=O)O. The Morgan fingerprint density at radius 1 is 0.786 bits per heavy atom. The normalized spacial score (nSPS) is 12.7. The standard InChI is InChI=1S/C22H25NO5/c24-20(25)11-12-23-21(26)18(13-16-7-3-1-4-8-16)15-19(22(27)28)14-17-9-5-2-6-10-17/h1-10,18-19H,11-15H2,(H,23,26)(H,24,25)(H,27,28)/t18-,19+/m1/s1. The zero-order valence-corrected chi connectivity index (χ0v) is 15.6. The van der Waals surface area contributed by atoms with Gasteiger partial charge in [0, 0.05) is 12.5 Å². The lowest BCUT2D eigenvalue weighted by molar-refractivity contribution is -0.142. The Balaban J connectivity index is 2.11. The second-order valence-corrected chi connectivity index (χ2v) is 6.78. The fraction of sp³-hybridized carbons (Fsp3) is 0.318. The molecule has 0 saturated heterocycles. The number of carbonyl (C=O) groups excluding carboxylic acids is 1. The molecular formula is C22H25NO5. The Labute approximate surface area is 164 Å². The van der Waals surface area contributed by atoms with Gasteiger partial charge in [-0.25, -0.2) is 0 Å². The van der Waals surface area contributed by atoms with Crippen molar-refractivity contribution in [3.63, 3.8) is 0 Å². The summed E-state index contributed by atoms with van der Waals surface area (Å²) < 4.78 is 0. The Morgan fingerprint density at radius 2 is 1.29 bits per heavy atom. The third-order valence-corrected chi connectivity index (χ3v) is 4.58. The molecule has 2 aromatic rings. The van der Waals surface area contributed by atoms with Crippen LogP contribution in [-0.4, -0.2) is 34.6 Å². The third-order valence-electron chi connectivity index (χ3n) is 4.58. The van der Waals surface area contributed by atoms with Gasteiger partial charge in [0.2, 0.25) is 5.91 Å². The van der Waals surface area contributed by atoms with E-state index in [1.807, 2.05) is 60.7 Å². The Hall–Kier alpha value is -3.15. The Kier molecular flexibility index (Phi) is 8.21. The molecule has 2 rings (SSSR count). The van der Waals surface area contributed by atoms with E-state index in [0.29, 0.717) is 12.8 Å². The summed E-state index contributed by atoms with van der Waals surface area (Å²) in [6, 6.07) is 18.7. The zero-order chi connectivity index (χ0) is 20.4. The van der Waals surface area contributed by atoms with E-state index in [-0.39, 0.29) is 25.3 Å². The molecule has 2 atom stereocenters. The van der Waals surface area contributed by atoms with E-state index < -0.39 is 23.8 Å². The van der Waals surface area contributed by atoms with Gasteiger partial charge in [-0.2, -0.15) is 0 Å². The summed E-state index contributed by atoms with van der Waals surface area (Å²) in [4.78, 5) is 35.1. The van der Waals surface area contributed by atoms with Crippen LogP contribution in [-0.2, 0) is 27.2 Å². The molecule has 3 N–H and O–H groups in total. The van der Waals surface area contributed by atoms with Crippen LogP contribution in [0, 0.1) is 11.8 Å². The third kappa shape index (κ3) is 7.23. The lowest BCUT2D eigenvalue weighted by Gasteiger charge is -2.21. The van der Waals surface area contributed by atoms with Crippen LogP contribution < -0.4 is 5.32 Å². The second-order valence-electron chi connectivity index (χ2n) is 6.78. The van der Waals surface area contributed by atoms with Crippen molar-refractivity contribution in [2.75, 3.05) is 6.54 Å². The van der Waals surface area contributed by atoms with Crippen LogP contribution in [0.15, 0.2) is 60.7 Å². The first-order valence-electron chi connectivity index (χ1n) is 9.26. The number of carboxylic acid groups (broad SMARTS) is 2. The minimum absolute atomic E-state index is 0.0237. The molecule has 0 aliphatic rings. The molecule has 2 aromatic carbocycles. The molecule has 0 aliphatic heterocycles. The molecule has 0 aromatic heterocycles. The van der Waals surface area contributed by atoms with Crippen LogP contribution in [0.25, 0.3) is 0 Å². The Morgan fingerprint density at radius 3 is 1.75 bits per heavy atom. The van der Waals surface area contributed by atoms with Gasteiger partial charge < -0.3 is 15.5 Å². The van der Waals surface area contributed by atoms with Crippen molar-refractivity contribution < 1.29 is 24.6 Å². The highest BCUT2D eigenvalue weighted by Gasteiger charge is 2.27. The average molecular weight is 383 g/mol. The second kappa shape index (κ2) is 10.9. The van der Waals surface area contributed by atoms with Crippen molar-refractivity contribution in [3.05, 3.63) is 71.8 Å². The summed E-state index contributed by atoms with van der Waals surface area (Å²) in [6.07, 6.45) is 0.746. The van der Waals surface area contributed by atoms with Gasteiger partial charge in [0.05, 0.1) is 12.3 Å². The number of aliphatic carboxylic acids is 2. The largest absolute Gasteiger partial charge is 0.481 e.